The molecule has 0 saturated heterocycles. The van der Waals surface area contributed by atoms with Crippen LogP contribution in [0, 0.1) is 0 Å². The van der Waals surface area contributed by atoms with Gasteiger partial charge in [-0.15, -0.1) is 0 Å². The molecule has 1 amide bonds. The van der Waals surface area contributed by atoms with E-state index in [2.05, 4.69) is 20.8 Å². The third kappa shape index (κ3) is 4.35. The molecule has 88 valence electrons. The van der Waals surface area contributed by atoms with Crippen LogP contribution in [-0.2, 0) is 4.79 Å². The normalized spacial score (nSPS) is 17.7. The minimum Gasteiger partial charge on any atom is -0.338 e. The Bertz CT molecular complexity index is 195. The molecule has 1 fully saturated rings. The summed E-state index contributed by atoms with van der Waals surface area (Å²) in [7, 11) is 0. The van der Waals surface area contributed by atoms with Gasteiger partial charge in [0.15, 0.2) is 0 Å². The van der Waals surface area contributed by atoms with Gasteiger partial charge in [0.1, 0.15) is 0 Å². The van der Waals surface area contributed by atoms with Crippen molar-refractivity contribution in [2.75, 3.05) is 23.9 Å². The molecule has 0 unspecified atom stereocenters. The molecule has 1 rings (SSSR count). The summed E-state index contributed by atoms with van der Waals surface area (Å²) in [4.78, 5) is 14.0. The Morgan fingerprint density at radius 1 is 1.40 bits per heavy atom. The van der Waals surface area contributed by atoms with Gasteiger partial charge in [0.25, 0.3) is 0 Å². The van der Waals surface area contributed by atoms with Crippen molar-refractivity contribution in [3.8, 4) is 0 Å². The highest BCUT2D eigenvalue weighted by Gasteiger charge is 2.24. The predicted octanol–water partition coefficient (Wildman–Crippen LogP) is 2.91. The average Bonchev–Trinajstić information content (AvgIpc) is 2.27. The zero-order valence-corrected chi connectivity index (χ0v) is 11.8. The van der Waals surface area contributed by atoms with E-state index < -0.39 is 0 Å². The van der Waals surface area contributed by atoms with Crippen LogP contribution < -0.4 is 0 Å². The van der Waals surface area contributed by atoms with Gasteiger partial charge in [0.05, 0.1) is 5.75 Å². The summed E-state index contributed by atoms with van der Waals surface area (Å²) < 4.78 is 0. The van der Waals surface area contributed by atoms with Crippen LogP contribution >= 0.6 is 27.7 Å². The fraction of sp³-hybridized carbons (Fsp3) is 0.909. The van der Waals surface area contributed by atoms with Gasteiger partial charge >= 0.3 is 0 Å². The van der Waals surface area contributed by atoms with Gasteiger partial charge in [-0.05, 0) is 19.1 Å². The first-order valence-electron chi connectivity index (χ1n) is 5.64. The molecule has 4 heteroatoms. The second kappa shape index (κ2) is 7.55. The zero-order chi connectivity index (χ0) is 11.1. The fourth-order valence-corrected chi connectivity index (χ4v) is 3.00. The molecule has 1 aliphatic carbocycles. The minimum atomic E-state index is 0.314. The lowest BCUT2D eigenvalue weighted by molar-refractivity contribution is -0.130. The first kappa shape index (κ1) is 13.4. The van der Waals surface area contributed by atoms with Crippen LogP contribution in [0.4, 0.5) is 0 Å². The van der Waals surface area contributed by atoms with Crippen molar-refractivity contribution >= 4 is 33.6 Å². The van der Waals surface area contributed by atoms with E-state index in [1.165, 1.54) is 32.1 Å². The molecule has 0 aromatic heterocycles. The fourth-order valence-electron chi connectivity index (χ4n) is 2.20. The molecule has 0 atom stereocenters. The number of carbonyl (C=O) groups is 1. The van der Waals surface area contributed by atoms with E-state index >= 15 is 0 Å². The lowest BCUT2D eigenvalue weighted by Gasteiger charge is -2.34. The molecule has 1 saturated carbocycles. The summed E-state index contributed by atoms with van der Waals surface area (Å²) in [6.45, 7) is 0.865. The molecule has 0 aromatic rings. The van der Waals surface area contributed by atoms with Crippen molar-refractivity contribution in [3.05, 3.63) is 0 Å². The van der Waals surface area contributed by atoms with Gasteiger partial charge in [-0.3, -0.25) is 4.79 Å². The summed E-state index contributed by atoms with van der Waals surface area (Å²) in [5, 5.41) is 0.892. The van der Waals surface area contributed by atoms with E-state index in [0.29, 0.717) is 17.7 Å². The first-order chi connectivity index (χ1) is 7.29. The number of hydrogen-bond acceptors (Lipinski definition) is 2. The predicted molar refractivity (Wildman–Crippen MR) is 70.8 cm³/mol. The van der Waals surface area contributed by atoms with Crippen LogP contribution in [-0.4, -0.2) is 40.7 Å². The smallest absolute Gasteiger partial charge is 0.232 e. The molecule has 15 heavy (non-hydrogen) atoms. The maximum Gasteiger partial charge on any atom is 0.232 e. The van der Waals surface area contributed by atoms with Crippen LogP contribution in [0.25, 0.3) is 0 Å². The number of thioether (sulfide) groups is 1. The van der Waals surface area contributed by atoms with Crippen molar-refractivity contribution in [2.24, 2.45) is 0 Å². The standard InChI is InChI=1S/C11H20BrNOS/c1-15-9-11(14)13(8-7-12)10-5-3-2-4-6-10/h10H,2-9H2,1H3. The van der Waals surface area contributed by atoms with Crippen molar-refractivity contribution in [3.63, 3.8) is 0 Å². The van der Waals surface area contributed by atoms with Crippen LogP contribution in [0.2, 0.25) is 0 Å². The van der Waals surface area contributed by atoms with Gasteiger partial charge in [-0.2, -0.15) is 11.8 Å². The van der Waals surface area contributed by atoms with E-state index in [1.807, 2.05) is 6.26 Å². The quantitative estimate of drug-likeness (QED) is 0.727. The van der Waals surface area contributed by atoms with E-state index in [9.17, 15) is 4.79 Å². The number of halogens is 1. The second-order valence-electron chi connectivity index (χ2n) is 4.00. The van der Waals surface area contributed by atoms with Gasteiger partial charge in [-0.1, -0.05) is 35.2 Å². The second-order valence-corrected chi connectivity index (χ2v) is 5.66. The van der Waals surface area contributed by atoms with E-state index in [0.717, 1.165) is 11.9 Å². The van der Waals surface area contributed by atoms with Gasteiger partial charge in [-0.25, -0.2) is 0 Å². The summed E-state index contributed by atoms with van der Waals surface area (Å²) in [6, 6.07) is 0.510. The molecular formula is C11H20BrNOS. The van der Waals surface area contributed by atoms with E-state index in [-0.39, 0.29) is 0 Å². The Balaban J connectivity index is 2.50. The maximum absolute atomic E-state index is 11.9. The number of amides is 1. The number of hydrogen-bond donors (Lipinski definition) is 0. The molecule has 0 aromatic carbocycles. The average molecular weight is 294 g/mol. The van der Waals surface area contributed by atoms with Crippen LogP contribution in [0.3, 0.4) is 0 Å². The number of nitrogens with zero attached hydrogens (tertiary/aromatic N) is 1. The van der Waals surface area contributed by atoms with Crippen LogP contribution in [0.5, 0.6) is 0 Å². The highest BCUT2D eigenvalue weighted by molar-refractivity contribution is 9.09. The first-order valence-corrected chi connectivity index (χ1v) is 8.15. The summed E-state index contributed by atoms with van der Waals surface area (Å²) >= 11 is 5.06. The highest BCUT2D eigenvalue weighted by Crippen LogP contribution is 2.23. The molecule has 0 bridgehead atoms. The van der Waals surface area contributed by atoms with Gasteiger partial charge < -0.3 is 4.90 Å². The zero-order valence-electron chi connectivity index (χ0n) is 9.38. The molecule has 0 spiro atoms. The van der Waals surface area contributed by atoms with Crippen molar-refractivity contribution in [1.29, 1.82) is 0 Å². The molecule has 0 aliphatic heterocycles. The Morgan fingerprint density at radius 3 is 2.60 bits per heavy atom. The lowest BCUT2D eigenvalue weighted by atomic mass is 9.94. The molecule has 0 heterocycles. The Morgan fingerprint density at radius 2 is 2.07 bits per heavy atom. The third-order valence-electron chi connectivity index (χ3n) is 2.93. The maximum atomic E-state index is 11.9. The monoisotopic (exact) mass is 293 g/mol. The number of rotatable bonds is 5. The van der Waals surface area contributed by atoms with Crippen molar-refractivity contribution in [1.82, 2.24) is 4.90 Å². The topological polar surface area (TPSA) is 20.3 Å². The van der Waals surface area contributed by atoms with Crippen molar-refractivity contribution < 1.29 is 4.79 Å². The van der Waals surface area contributed by atoms with E-state index in [1.54, 1.807) is 11.8 Å². The number of carbonyl (C=O) groups excluding carboxylic acids is 1. The SMILES string of the molecule is CSCC(=O)N(CCBr)C1CCCCC1. The Kier molecular flexibility index (Phi) is 6.73. The van der Waals surface area contributed by atoms with Crippen LogP contribution in [0.1, 0.15) is 32.1 Å². The summed E-state index contributed by atoms with van der Waals surface area (Å²) in [5.74, 6) is 0.942. The number of alkyl halides is 1. The van der Waals surface area contributed by atoms with Gasteiger partial charge in [0, 0.05) is 17.9 Å². The molecule has 1 aliphatic rings. The Hall–Kier alpha value is 0.300. The molecule has 2 nitrogen and oxygen atoms in total. The summed E-state index contributed by atoms with van der Waals surface area (Å²) in [5.41, 5.74) is 0. The highest BCUT2D eigenvalue weighted by atomic mass is 79.9. The van der Waals surface area contributed by atoms with Gasteiger partial charge in [0.2, 0.25) is 5.91 Å². The molecular weight excluding hydrogens is 274 g/mol. The largest absolute Gasteiger partial charge is 0.338 e. The Labute approximate surface area is 105 Å². The van der Waals surface area contributed by atoms with Crippen LogP contribution in [0.15, 0.2) is 0 Å². The molecule has 0 N–H and O–H groups in total. The minimum absolute atomic E-state index is 0.314. The third-order valence-corrected chi connectivity index (χ3v) is 3.82. The lowest BCUT2D eigenvalue weighted by Crippen LogP contribution is -2.43. The summed E-state index contributed by atoms with van der Waals surface area (Å²) in [6.07, 6.45) is 8.31. The molecule has 0 radical (unpaired) electrons. The van der Waals surface area contributed by atoms with E-state index in [4.69, 9.17) is 0 Å². The van der Waals surface area contributed by atoms with Crippen molar-refractivity contribution in [2.45, 2.75) is 38.1 Å².